The quantitative estimate of drug-likeness (QED) is 0.417. The van der Waals surface area contributed by atoms with E-state index in [0.717, 1.165) is 47.4 Å². The lowest BCUT2D eigenvalue weighted by Gasteiger charge is -2.37. The third-order valence-corrected chi connectivity index (χ3v) is 5.49. The number of quaternary nitrogens is 1. The average molecular weight is 354 g/mol. The molecule has 0 bridgehead atoms. The van der Waals surface area contributed by atoms with Gasteiger partial charge in [-0.3, -0.25) is 14.4 Å². The average Bonchev–Trinajstić information content (AvgIpc) is 2.84. The van der Waals surface area contributed by atoms with Crippen molar-refractivity contribution in [3.8, 4) is 0 Å². The summed E-state index contributed by atoms with van der Waals surface area (Å²) < 4.78 is 5.75. The van der Waals surface area contributed by atoms with Crippen molar-refractivity contribution in [3.05, 3.63) is 16.0 Å². The molecule has 0 aromatic carbocycles. The molecule has 7 nitrogen and oxygen atoms in total. The highest BCUT2D eigenvalue weighted by Crippen LogP contribution is 2.38. The Bertz CT molecular complexity index is 644. The van der Waals surface area contributed by atoms with Crippen molar-refractivity contribution in [2.45, 2.75) is 32.7 Å². The van der Waals surface area contributed by atoms with E-state index in [0.29, 0.717) is 30.0 Å². The number of nitrogens with zero attached hydrogens (tertiary/aromatic N) is 1. The van der Waals surface area contributed by atoms with Gasteiger partial charge in [0.25, 0.3) is 5.91 Å². The van der Waals surface area contributed by atoms with E-state index in [1.54, 1.807) is 6.92 Å². The molecule has 1 aliphatic rings. The molecule has 0 spiro atoms. The minimum absolute atomic E-state index is 0.161. The minimum atomic E-state index is -0.504. The Balaban J connectivity index is 2.08. The maximum absolute atomic E-state index is 11.7. The number of carbonyl (C=O) groups excluding carboxylic acids is 3. The van der Waals surface area contributed by atoms with Crippen LogP contribution in [0.5, 0.6) is 0 Å². The molecule has 0 saturated heterocycles. The van der Waals surface area contributed by atoms with Gasteiger partial charge < -0.3 is 20.3 Å². The van der Waals surface area contributed by atoms with Crippen molar-refractivity contribution in [1.29, 1.82) is 0 Å². The van der Waals surface area contributed by atoms with E-state index >= 15 is 0 Å². The number of carbonyl (C=O) groups is 3. The number of hydrogen-bond acceptors (Lipinski definition) is 5. The number of ether oxygens (including phenoxy) is 1. The van der Waals surface area contributed by atoms with Crippen molar-refractivity contribution in [2.75, 3.05) is 32.1 Å². The fourth-order valence-electron chi connectivity index (χ4n) is 3.16. The monoisotopic (exact) mass is 354 g/mol. The third kappa shape index (κ3) is 4.12. The van der Waals surface area contributed by atoms with E-state index in [2.05, 4.69) is 12.4 Å². The first-order valence-electron chi connectivity index (χ1n) is 8.04. The predicted molar refractivity (Wildman–Crippen MR) is 91.7 cm³/mol. The van der Waals surface area contributed by atoms with Gasteiger partial charge in [-0.2, -0.15) is 0 Å². The summed E-state index contributed by atoms with van der Waals surface area (Å²) in [5.74, 6) is -0.665. The normalized spacial score (nSPS) is 19.4. The van der Waals surface area contributed by atoms with Crippen molar-refractivity contribution in [2.24, 2.45) is 5.73 Å². The molecule has 2 rings (SSSR count). The summed E-state index contributed by atoms with van der Waals surface area (Å²) in [6, 6.07) is 0. The molecule has 132 valence electrons. The van der Waals surface area contributed by atoms with Crippen LogP contribution < -0.4 is 11.1 Å². The second-order valence-corrected chi connectivity index (χ2v) is 7.32. The van der Waals surface area contributed by atoms with Gasteiger partial charge in [-0.05, 0) is 12.5 Å². The predicted octanol–water partition coefficient (Wildman–Crippen LogP) is 1.26. The van der Waals surface area contributed by atoms with E-state index in [-0.39, 0.29) is 5.97 Å². The van der Waals surface area contributed by atoms with Crippen LogP contribution in [0.25, 0.3) is 0 Å². The molecule has 3 N–H and O–H groups in total. The number of primary amides is 1. The summed E-state index contributed by atoms with van der Waals surface area (Å²) in [5, 5.41) is 3.11. The Morgan fingerprint density at radius 1 is 1.46 bits per heavy atom. The van der Waals surface area contributed by atoms with Gasteiger partial charge in [0.05, 0.1) is 43.6 Å². The first-order chi connectivity index (χ1) is 11.4. The lowest BCUT2D eigenvalue weighted by atomic mass is 10.0. The Morgan fingerprint density at radius 3 is 2.83 bits per heavy atom. The van der Waals surface area contributed by atoms with Gasteiger partial charge in [-0.1, -0.05) is 0 Å². The molecule has 1 aromatic heterocycles. The maximum atomic E-state index is 11.7. The zero-order valence-electron chi connectivity index (χ0n) is 14.1. The van der Waals surface area contributed by atoms with Crippen LogP contribution in [0.4, 0.5) is 5.00 Å². The molecule has 2 amide bonds. The molecule has 8 heteroatoms. The van der Waals surface area contributed by atoms with Gasteiger partial charge in [0.1, 0.15) is 11.5 Å². The molecule has 1 aromatic rings. The first-order valence-corrected chi connectivity index (χ1v) is 8.85. The van der Waals surface area contributed by atoms with Gasteiger partial charge in [-0.15, -0.1) is 11.3 Å². The zero-order chi connectivity index (χ0) is 17.7. The van der Waals surface area contributed by atoms with Crippen molar-refractivity contribution in [3.63, 3.8) is 0 Å². The molecule has 1 unspecified atom stereocenters. The molecule has 0 saturated carbocycles. The van der Waals surface area contributed by atoms with E-state index in [9.17, 15) is 14.4 Å². The Hall–Kier alpha value is -1.93. The Kier molecular flexibility index (Phi) is 5.95. The van der Waals surface area contributed by atoms with Crippen LogP contribution in [0.1, 0.15) is 40.6 Å². The van der Waals surface area contributed by atoms with Gasteiger partial charge in [0.15, 0.2) is 0 Å². The first kappa shape index (κ1) is 18.4. The zero-order valence-corrected chi connectivity index (χ0v) is 14.9. The van der Waals surface area contributed by atoms with E-state index in [1.807, 2.05) is 0 Å². The lowest BCUT2D eigenvalue weighted by molar-refractivity contribution is -0.924. The smallest absolute Gasteiger partial charge is 0.305 e. The molecule has 0 radical (unpaired) electrons. The molecular formula is C16H24N3O4S+. The molecular weight excluding hydrogens is 330 g/mol. The lowest BCUT2D eigenvalue weighted by Crippen LogP contribution is -2.48. The molecule has 24 heavy (non-hydrogen) atoms. The van der Waals surface area contributed by atoms with E-state index in [1.165, 1.54) is 11.3 Å². The van der Waals surface area contributed by atoms with Crippen LogP contribution in [0, 0.1) is 0 Å². The van der Waals surface area contributed by atoms with Crippen LogP contribution in [-0.2, 0) is 27.3 Å². The van der Waals surface area contributed by atoms with Crippen molar-refractivity contribution >= 4 is 34.6 Å². The standard InChI is InChI=1S/C16H23N3O4S/c1-3-23-13(21)5-4-7-19(2)8-6-11-12(9-19)24-16(18-10-20)14(11)15(17)22/h10H,3-9H2,1-2H3,(H2-,17,18,20,22)/p+1. The van der Waals surface area contributed by atoms with Gasteiger partial charge in [-0.25, -0.2) is 0 Å². The topological polar surface area (TPSA) is 98.5 Å². The number of hydrogen-bond donors (Lipinski definition) is 2. The highest BCUT2D eigenvalue weighted by molar-refractivity contribution is 7.16. The summed E-state index contributed by atoms with van der Waals surface area (Å²) in [7, 11) is 2.14. The minimum Gasteiger partial charge on any atom is -0.466 e. The van der Waals surface area contributed by atoms with Crippen LogP contribution in [0.3, 0.4) is 0 Å². The van der Waals surface area contributed by atoms with Gasteiger partial charge in [0.2, 0.25) is 6.41 Å². The SMILES string of the molecule is CCOC(=O)CCC[N+]1(C)CCc2c(sc(NC=O)c2C(N)=O)C1. The van der Waals surface area contributed by atoms with Crippen LogP contribution in [-0.4, -0.2) is 49.5 Å². The van der Waals surface area contributed by atoms with Gasteiger partial charge >= 0.3 is 5.97 Å². The summed E-state index contributed by atoms with van der Waals surface area (Å²) in [6.45, 7) is 4.71. The fourth-order valence-corrected chi connectivity index (χ4v) is 4.54. The highest BCUT2D eigenvalue weighted by atomic mass is 32.1. The largest absolute Gasteiger partial charge is 0.466 e. The summed E-state index contributed by atoms with van der Waals surface area (Å²) >= 11 is 1.41. The number of nitrogens with one attached hydrogen (secondary N) is 1. The number of amides is 2. The number of fused-ring (bicyclic) bond motifs is 1. The fraction of sp³-hybridized carbons (Fsp3) is 0.562. The highest BCUT2D eigenvalue weighted by Gasteiger charge is 2.34. The number of anilines is 1. The Morgan fingerprint density at radius 2 is 2.21 bits per heavy atom. The third-order valence-electron chi connectivity index (χ3n) is 4.34. The summed E-state index contributed by atoms with van der Waals surface area (Å²) in [4.78, 5) is 35.0. The number of rotatable bonds is 8. The number of thiophene rings is 1. The van der Waals surface area contributed by atoms with Crippen LogP contribution in [0.2, 0.25) is 0 Å². The van der Waals surface area contributed by atoms with Crippen LogP contribution >= 0.6 is 11.3 Å². The molecule has 1 atom stereocenters. The second-order valence-electron chi connectivity index (χ2n) is 6.22. The maximum Gasteiger partial charge on any atom is 0.305 e. The van der Waals surface area contributed by atoms with Crippen LogP contribution in [0.15, 0.2) is 0 Å². The number of likely N-dealkylation sites (N-methyl/N-ethyl adjacent to an activating group) is 1. The molecule has 0 fully saturated rings. The van der Waals surface area contributed by atoms with Gasteiger partial charge in [0, 0.05) is 12.8 Å². The van der Waals surface area contributed by atoms with Crippen molar-refractivity contribution in [1.82, 2.24) is 0 Å². The number of nitrogens with two attached hydrogens (primary N) is 1. The molecule has 2 heterocycles. The summed E-state index contributed by atoms with van der Waals surface area (Å²) in [5.41, 5.74) is 6.88. The number of esters is 1. The van der Waals surface area contributed by atoms with E-state index < -0.39 is 5.91 Å². The van der Waals surface area contributed by atoms with Crippen molar-refractivity contribution < 1.29 is 23.6 Å². The molecule has 1 aliphatic heterocycles. The molecule has 0 aliphatic carbocycles. The van der Waals surface area contributed by atoms with E-state index in [4.69, 9.17) is 10.5 Å². The Labute approximate surface area is 145 Å². The second kappa shape index (κ2) is 7.76. The summed E-state index contributed by atoms with van der Waals surface area (Å²) in [6.07, 6.45) is 2.49.